The molecule has 1 fully saturated rings. The molecule has 0 aliphatic carbocycles. The van der Waals surface area contributed by atoms with Gasteiger partial charge < -0.3 is 5.32 Å². The van der Waals surface area contributed by atoms with E-state index < -0.39 is 0 Å². The molecule has 1 aromatic carbocycles. The second kappa shape index (κ2) is 4.59. The molecule has 17 heavy (non-hydrogen) atoms. The summed E-state index contributed by atoms with van der Waals surface area (Å²) in [6, 6.07) is 8.40. The highest BCUT2D eigenvalue weighted by molar-refractivity contribution is 7.17. The number of ketones is 1. The number of carbonyl (C=O) groups is 1. The fraction of sp³-hybridized carbons (Fsp3) is 0.357. The lowest BCUT2D eigenvalue weighted by Gasteiger charge is -2.08. The third kappa shape index (κ3) is 2.13. The van der Waals surface area contributed by atoms with Crippen molar-refractivity contribution in [1.29, 1.82) is 0 Å². The van der Waals surface area contributed by atoms with Gasteiger partial charge in [-0.25, -0.2) is 0 Å². The number of thiophene rings is 1. The van der Waals surface area contributed by atoms with Crippen LogP contribution in [0.4, 0.5) is 0 Å². The summed E-state index contributed by atoms with van der Waals surface area (Å²) in [4.78, 5) is 12.1. The zero-order valence-electron chi connectivity index (χ0n) is 9.61. The molecule has 0 spiro atoms. The highest BCUT2D eigenvalue weighted by Crippen LogP contribution is 2.26. The molecule has 0 radical (unpaired) electrons. The van der Waals surface area contributed by atoms with Gasteiger partial charge >= 0.3 is 0 Å². The Balaban J connectivity index is 1.82. The van der Waals surface area contributed by atoms with Crippen molar-refractivity contribution in [1.82, 2.24) is 5.32 Å². The van der Waals surface area contributed by atoms with Crippen molar-refractivity contribution in [2.75, 3.05) is 6.54 Å². The maximum atomic E-state index is 12.1. The van der Waals surface area contributed by atoms with Gasteiger partial charge in [0.1, 0.15) is 0 Å². The zero-order valence-corrected chi connectivity index (χ0v) is 10.4. The van der Waals surface area contributed by atoms with Gasteiger partial charge in [0.25, 0.3) is 0 Å². The normalized spacial score (nSPS) is 19.9. The molecule has 1 aromatic heterocycles. The van der Waals surface area contributed by atoms with Crippen LogP contribution in [0.1, 0.15) is 18.4 Å². The Bertz CT molecular complexity index is 540. The lowest BCUT2D eigenvalue weighted by molar-refractivity contribution is -0.120. The van der Waals surface area contributed by atoms with E-state index in [0.717, 1.165) is 19.4 Å². The molecule has 3 rings (SSSR count). The second-order valence-electron chi connectivity index (χ2n) is 4.55. The van der Waals surface area contributed by atoms with Gasteiger partial charge in [-0.3, -0.25) is 4.79 Å². The molecular formula is C14H15NOS. The first-order valence-electron chi connectivity index (χ1n) is 6.06. The Morgan fingerprint density at radius 2 is 2.29 bits per heavy atom. The van der Waals surface area contributed by atoms with Crippen molar-refractivity contribution in [3.05, 3.63) is 35.2 Å². The molecule has 1 N–H and O–H groups in total. The van der Waals surface area contributed by atoms with E-state index in [1.165, 1.54) is 15.6 Å². The Morgan fingerprint density at radius 3 is 3.12 bits per heavy atom. The zero-order chi connectivity index (χ0) is 11.7. The largest absolute Gasteiger partial charge is 0.307 e. The summed E-state index contributed by atoms with van der Waals surface area (Å²) < 4.78 is 1.27. The lowest BCUT2D eigenvalue weighted by atomic mass is 10.0. The maximum absolute atomic E-state index is 12.1. The van der Waals surface area contributed by atoms with Crippen LogP contribution in [0.15, 0.2) is 29.6 Å². The predicted molar refractivity (Wildman–Crippen MR) is 71.6 cm³/mol. The fourth-order valence-corrected chi connectivity index (χ4v) is 3.40. The number of benzene rings is 1. The molecule has 1 aliphatic rings. The summed E-state index contributed by atoms with van der Waals surface area (Å²) in [7, 11) is 0. The highest BCUT2D eigenvalue weighted by Gasteiger charge is 2.22. The van der Waals surface area contributed by atoms with Crippen molar-refractivity contribution in [3.63, 3.8) is 0 Å². The predicted octanol–water partition coefficient (Wildman–Crippen LogP) is 2.76. The highest BCUT2D eigenvalue weighted by atomic mass is 32.1. The molecule has 1 unspecified atom stereocenters. The Morgan fingerprint density at radius 1 is 1.41 bits per heavy atom. The van der Waals surface area contributed by atoms with Gasteiger partial charge in [0.15, 0.2) is 5.78 Å². The van der Waals surface area contributed by atoms with E-state index in [9.17, 15) is 4.79 Å². The van der Waals surface area contributed by atoms with Crippen LogP contribution in [0.25, 0.3) is 10.1 Å². The average molecular weight is 245 g/mol. The van der Waals surface area contributed by atoms with Crippen molar-refractivity contribution in [2.45, 2.75) is 25.3 Å². The molecule has 0 amide bonds. The van der Waals surface area contributed by atoms with Gasteiger partial charge in [-0.1, -0.05) is 18.2 Å². The van der Waals surface area contributed by atoms with E-state index in [0.29, 0.717) is 12.2 Å². The van der Waals surface area contributed by atoms with E-state index >= 15 is 0 Å². The van der Waals surface area contributed by atoms with E-state index in [-0.39, 0.29) is 6.04 Å². The average Bonchev–Trinajstić information content (AvgIpc) is 2.98. The number of nitrogens with one attached hydrogen (secondary N) is 1. The van der Waals surface area contributed by atoms with Gasteiger partial charge in [0.05, 0.1) is 6.04 Å². The number of fused-ring (bicyclic) bond motifs is 1. The Hall–Kier alpha value is -1.19. The molecule has 1 atom stereocenters. The minimum Gasteiger partial charge on any atom is -0.307 e. The van der Waals surface area contributed by atoms with E-state index in [4.69, 9.17) is 0 Å². The van der Waals surface area contributed by atoms with Crippen molar-refractivity contribution in [3.8, 4) is 0 Å². The van der Waals surface area contributed by atoms with Gasteiger partial charge in [-0.05, 0) is 41.8 Å². The van der Waals surface area contributed by atoms with E-state index in [1.807, 2.05) is 12.1 Å². The van der Waals surface area contributed by atoms with E-state index in [2.05, 4.69) is 22.8 Å². The fourth-order valence-electron chi connectivity index (χ4n) is 2.44. The first-order valence-corrected chi connectivity index (χ1v) is 6.94. The Kier molecular flexibility index (Phi) is 2.95. The molecule has 2 heterocycles. The maximum Gasteiger partial charge on any atom is 0.154 e. The number of hydrogen-bond acceptors (Lipinski definition) is 3. The van der Waals surface area contributed by atoms with Gasteiger partial charge in [0, 0.05) is 11.1 Å². The topological polar surface area (TPSA) is 29.1 Å². The number of rotatable bonds is 3. The standard InChI is InChI=1S/C14H15NOS/c16-13(12-5-3-7-15-12)8-10-9-17-14-6-2-1-4-11(10)14/h1-2,4,6,9,12,15H,3,5,7-8H2. The Labute approximate surface area is 105 Å². The third-order valence-corrected chi connectivity index (χ3v) is 4.39. The van der Waals surface area contributed by atoms with Crippen molar-refractivity contribution >= 4 is 27.2 Å². The van der Waals surface area contributed by atoms with Gasteiger partial charge in [-0.15, -0.1) is 11.3 Å². The molecule has 0 bridgehead atoms. The van der Waals surface area contributed by atoms with Crippen molar-refractivity contribution < 1.29 is 4.79 Å². The molecule has 1 aliphatic heterocycles. The number of carbonyl (C=O) groups excluding carboxylic acids is 1. The minimum atomic E-state index is 0.0914. The van der Waals surface area contributed by atoms with Crippen LogP contribution in [-0.4, -0.2) is 18.4 Å². The molecule has 3 heteroatoms. The summed E-state index contributed by atoms with van der Waals surface area (Å²) in [5.41, 5.74) is 1.18. The summed E-state index contributed by atoms with van der Waals surface area (Å²) >= 11 is 1.73. The van der Waals surface area contributed by atoms with Crippen molar-refractivity contribution in [2.24, 2.45) is 0 Å². The molecular weight excluding hydrogens is 230 g/mol. The van der Waals surface area contributed by atoms with Crippen LogP contribution in [0.5, 0.6) is 0 Å². The van der Waals surface area contributed by atoms with Gasteiger partial charge in [0.2, 0.25) is 0 Å². The first kappa shape index (κ1) is 10.9. The van der Waals surface area contributed by atoms with Crippen LogP contribution in [0.2, 0.25) is 0 Å². The SMILES string of the molecule is O=C(Cc1csc2ccccc12)C1CCCN1. The van der Waals surface area contributed by atoms with Crippen LogP contribution >= 0.6 is 11.3 Å². The van der Waals surface area contributed by atoms with Gasteiger partial charge in [-0.2, -0.15) is 0 Å². The summed E-state index contributed by atoms with van der Waals surface area (Å²) in [6.45, 7) is 0.987. The third-order valence-electron chi connectivity index (χ3n) is 3.37. The lowest BCUT2D eigenvalue weighted by Crippen LogP contribution is -2.31. The molecule has 1 saturated heterocycles. The van der Waals surface area contributed by atoms with Crippen LogP contribution < -0.4 is 5.32 Å². The summed E-state index contributed by atoms with van der Waals surface area (Å²) in [6.07, 6.45) is 2.70. The first-order chi connectivity index (χ1) is 8.34. The van der Waals surface area contributed by atoms with Crippen LogP contribution in [0, 0.1) is 0 Å². The van der Waals surface area contributed by atoms with E-state index in [1.54, 1.807) is 11.3 Å². The van der Waals surface area contributed by atoms with Crippen LogP contribution in [-0.2, 0) is 11.2 Å². The second-order valence-corrected chi connectivity index (χ2v) is 5.46. The monoisotopic (exact) mass is 245 g/mol. The molecule has 88 valence electrons. The molecule has 0 saturated carbocycles. The number of Topliss-reactive ketones (excluding diaryl/α,β-unsaturated/α-hetero) is 1. The molecule has 2 aromatic rings. The quantitative estimate of drug-likeness (QED) is 0.901. The summed E-state index contributed by atoms with van der Waals surface area (Å²) in [5, 5.41) is 6.63. The molecule has 2 nitrogen and oxygen atoms in total. The van der Waals surface area contributed by atoms with Crippen LogP contribution in [0.3, 0.4) is 0 Å². The number of hydrogen-bond donors (Lipinski definition) is 1. The summed E-state index contributed by atoms with van der Waals surface area (Å²) in [5.74, 6) is 0.339. The smallest absolute Gasteiger partial charge is 0.154 e. The minimum absolute atomic E-state index is 0.0914.